The van der Waals surface area contributed by atoms with Crippen LogP contribution in [-0.4, -0.2) is 51.2 Å². The van der Waals surface area contributed by atoms with E-state index in [4.69, 9.17) is 0 Å². The van der Waals surface area contributed by atoms with Crippen molar-refractivity contribution in [3.63, 3.8) is 0 Å². The molecule has 3 heterocycles. The zero-order valence-electron chi connectivity index (χ0n) is 21.7. The van der Waals surface area contributed by atoms with Crippen molar-refractivity contribution < 1.29 is 14.4 Å². The summed E-state index contributed by atoms with van der Waals surface area (Å²) in [5.41, 5.74) is 4.61. The van der Waals surface area contributed by atoms with E-state index in [1.807, 2.05) is 57.5 Å². The topological polar surface area (TPSA) is 104 Å². The van der Waals surface area contributed by atoms with Gasteiger partial charge < -0.3 is 15.5 Å². The number of carbonyl (C=O) groups excluding carboxylic acids is 3. The average molecular weight is 520 g/mol. The molecule has 2 N–H and O–H groups in total. The summed E-state index contributed by atoms with van der Waals surface area (Å²) in [4.78, 5) is 50.7. The molecule has 3 aromatic rings. The molecule has 0 bridgehead atoms. The summed E-state index contributed by atoms with van der Waals surface area (Å²) < 4.78 is 0. The maximum absolute atomic E-state index is 13.6. The van der Waals surface area contributed by atoms with E-state index in [2.05, 4.69) is 20.6 Å². The Morgan fingerprint density at radius 3 is 2.49 bits per heavy atom. The Morgan fingerprint density at radius 1 is 1.11 bits per heavy atom. The number of hydrogen-bond acceptors (Lipinski definition) is 6. The van der Waals surface area contributed by atoms with Gasteiger partial charge in [-0.1, -0.05) is 51.1 Å². The fourth-order valence-electron chi connectivity index (χ4n) is 4.48. The number of aryl methyl sites for hydroxylation is 1. The van der Waals surface area contributed by atoms with Crippen molar-refractivity contribution in [2.75, 3.05) is 6.54 Å². The maximum atomic E-state index is 13.6. The smallest absolute Gasteiger partial charge is 0.270 e. The summed E-state index contributed by atoms with van der Waals surface area (Å²) in [6.07, 6.45) is 2.86. The van der Waals surface area contributed by atoms with Crippen LogP contribution in [0.2, 0.25) is 0 Å². The summed E-state index contributed by atoms with van der Waals surface area (Å²) >= 11 is 1.60. The lowest BCUT2D eigenvalue weighted by Gasteiger charge is -2.35. The minimum absolute atomic E-state index is 0.183. The molecule has 0 saturated carbocycles. The lowest BCUT2D eigenvalue weighted by atomic mass is 9.85. The summed E-state index contributed by atoms with van der Waals surface area (Å²) in [7, 11) is 0. The van der Waals surface area contributed by atoms with Crippen LogP contribution >= 0.6 is 11.3 Å². The van der Waals surface area contributed by atoms with Gasteiger partial charge in [0.2, 0.25) is 11.8 Å². The largest absolute Gasteiger partial charge is 0.350 e. The van der Waals surface area contributed by atoms with Gasteiger partial charge in [-0.2, -0.15) is 0 Å². The number of benzene rings is 1. The molecule has 1 aromatic carbocycles. The quantitative estimate of drug-likeness (QED) is 0.492. The summed E-state index contributed by atoms with van der Waals surface area (Å²) in [5, 5.41) is 5.86. The van der Waals surface area contributed by atoms with Crippen LogP contribution in [0.4, 0.5) is 0 Å². The van der Waals surface area contributed by atoms with Crippen LogP contribution in [-0.2, 0) is 16.1 Å². The van der Waals surface area contributed by atoms with E-state index >= 15 is 0 Å². The van der Waals surface area contributed by atoms with Crippen molar-refractivity contribution in [1.29, 1.82) is 0 Å². The van der Waals surface area contributed by atoms with E-state index in [1.165, 1.54) is 6.20 Å². The van der Waals surface area contributed by atoms with Gasteiger partial charge in [-0.3, -0.25) is 19.4 Å². The van der Waals surface area contributed by atoms with Crippen LogP contribution < -0.4 is 10.6 Å². The van der Waals surface area contributed by atoms with Crippen LogP contribution in [0.1, 0.15) is 55.4 Å². The molecule has 1 fully saturated rings. The van der Waals surface area contributed by atoms with Gasteiger partial charge in [0.25, 0.3) is 5.91 Å². The second kappa shape index (κ2) is 11.2. The molecule has 2 unspecified atom stereocenters. The molecule has 8 nitrogen and oxygen atoms in total. The summed E-state index contributed by atoms with van der Waals surface area (Å²) in [6, 6.07) is 11.8. The van der Waals surface area contributed by atoms with Crippen LogP contribution in [0.3, 0.4) is 0 Å². The lowest BCUT2D eigenvalue weighted by molar-refractivity contribution is -0.141. The number of thiazole rings is 1. The van der Waals surface area contributed by atoms with Crippen LogP contribution in [0, 0.1) is 12.3 Å². The third-order valence-corrected chi connectivity index (χ3v) is 7.53. The predicted molar refractivity (Wildman–Crippen MR) is 144 cm³/mol. The van der Waals surface area contributed by atoms with E-state index in [0.717, 1.165) is 28.1 Å². The maximum Gasteiger partial charge on any atom is 0.270 e. The molecule has 194 valence electrons. The molecule has 1 saturated heterocycles. The second-order valence-electron chi connectivity index (χ2n) is 10.4. The van der Waals surface area contributed by atoms with Crippen molar-refractivity contribution >= 4 is 29.1 Å². The van der Waals surface area contributed by atoms with Crippen molar-refractivity contribution in [1.82, 2.24) is 25.5 Å². The Balaban J connectivity index is 1.40. The molecule has 4 rings (SSSR count). The number of carbonyl (C=O) groups is 3. The normalized spacial score (nSPS) is 16.3. The van der Waals surface area contributed by atoms with E-state index < -0.39 is 23.4 Å². The minimum atomic E-state index is -0.793. The van der Waals surface area contributed by atoms with E-state index in [9.17, 15) is 14.4 Å². The first kappa shape index (κ1) is 26.5. The monoisotopic (exact) mass is 519 g/mol. The van der Waals surface area contributed by atoms with E-state index in [-0.39, 0.29) is 17.5 Å². The van der Waals surface area contributed by atoms with Gasteiger partial charge in [0.1, 0.15) is 17.8 Å². The fourth-order valence-corrected chi connectivity index (χ4v) is 5.29. The Kier molecular flexibility index (Phi) is 8.02. The van der Waals surface area contributed by atoms with Gasteiger partial charge >= 0.3 is 0 Å². The van der Waals surface area contributed by atoms with Crippen LogP contribution in [0.5, 0.6) is 0 Å². The van der Waals surface area contributed by atoms with Gasteiger partial charge in [-0.25, -0.2) is 4.98 Å². The predicted octanol–water partition coefficient (Wildman–Crippen LogP) is 3.97. The van der Waals surface area contributed by atoms with Crippen molar-refractivity contribution in [3.05, 3.63) is 71.1 Å². The van der Waals surface area contributed by atoms with Crippen molar-refractivity contribution in [2.45, 2.75) is 59.2 Å². The number of nitrogens with zero attached hydrogens (tertiary/aromatic N) is 3. The number of hydrogen-bond donors (Lipinski definition) is 2. The van der Waals surface area contributed by atoms with Crippen LogP contribution in [0.15, 0.2) is 54.2 Å². The molecule has 0 radical (unpaired) electrons. The van der Waals surface area contributed by atoms with Crippen molar-refractivity contribution in [2.24, 2.45) is 5.41 Å². The average Bonchev–Trinajstić information content (AvgIpc) is 3.55. The number of aromatic nitrogens is 2. The third-order valence-electron chi connectivity index (χ3n) is 6.55. The van der Waals surface area contributed by atoms with Gasteiger partial charge in [0.05, 0.1) is 16.1 Å². The van der Waals surface area contributed by atoms with Gasteiger partial charge in [-0.05, 0) is 48.4 Å². The molecule has 37 heavy (non-hydrogen) atoms. The first-order valence-electron chi connectivity index (χ1n) is 12.4. The minimum Gasteiger partial charge on any atom is -0.350 e. The molecule has 0 spiro atoms. The van der Waals surface area contributed by atoms with Crippen LogP contribution in [0.25, 0.3) is 10.4 Å². The first-order chi connectivity index (χ1) is 17.6. The highest BCUT2D eigenvalue weighted by molar-refractivity contribution is 7.13. The molecule has 3 amide bonds. The van der Waals surface area contributed by atoms with Crippen molar-refractivity contribution in [3.8, 4) is 10.4 Å². The number of rotatable bonds is 7. The number of pyridine rings is 1. The number of likely N-dealkylation sites (tertiary alicyclic amines) is 1. The highest BCUT2D eigenvalue weighted by atomic mass is 32.1. The molecule has 2 atom stereocenters. The van der Waals surface area contributed by atoms with E-state index in [0.29, 0.717) is 19.5 Å². The standard InChI is InChI=1S/C28H33N5O3S/c1-18-23(37-17-31-18)20-12-10-19(11-13-20)16-30-26(35)22-9-7-15-33(22)27(36)24(28(2,3)4)32-25(34)21-8-5-6-14-29-21/h5-6,8,10-14,17,22,24H,7,9,15-16H2,1-4H3,(H,30,35)(H,32,34). The highest BCUT2D eigenvalue weighted by Gasteiger charge is 2.42. The molecule has 0 aliphatic carbocycles. The lowest BCUT2D eigenvalue weighted by Crippen LogP contribution is -2.57. The fraction of sp³-hybridized carbons (Fsp3) is 0.393. The Bertz CT molecular complexity index is 1250. The Morgan fingerprint density at radius 2 is 1.86 bits per heavy atom. The molecule has 1 aliphatic rings. The second-order valence-corrected chi connectivity index (χ2v) is 11.2. The van der Waals surface area contributed by atoms with E-state index in [1.54, 1.807) is 34.4 Å². The molecular formula is C28H33N5O3S. The summed E-state index contributed by atoms with van der Waals surface area (Å²) in [5.74, 6) is -0.846. The number of nitrogens with one attached hydrogen (secondary N) is 2. The van der Waals surface area contributed by atoms with Gasteiger partial charge in [0, 0.05) is 19.3 Å². The Hall–Kier alpha value is -3.59. The number of amides is 3. The molecule has 2 aromatic heterocycles. The summed E-state index contributed by atoms with van der Waals surface area (Å²) in [6.45, 7) is 8.54. The molecular weight excluding hydrogens is 486 g/mol. The molecule has 9 heteroatoms. The van der Waals surface area contributed by atoms with Gasteiger partial charge in [-0.15, -0.1) is 11.3 Å². The third kappa shape index (κ3) is 6.22. The highest BCUT2D eigenvalue weighted by Crippen LogP contribution is 2.28. The molecule has 1 aliphatic heterocycles. The SMILES string of the molecule is Cc1ncsc1-c1ccc(CNC(=O)C2CCCN2C(=O)C(NC(=O)c2ccccn2)C(C)(C)C)cc1. The first-order valence-corrected chi connectivity index (χ1v) is 13.3. The Labute approximate surface area is 221 Å². The van der Waals surface area contributed by atoms with Gasteiger partial charge in [0.15, 0.2) is 0 Å². The zero-order valence-corrected chi connectivity index (χ0v) is 22.5. The zero-order chi connectivity index (χ0) is 26.6.